The van der Waals surface area contributed by atoms with Crippen LogP contribution in [0.25, 0.3) is 0 Å². The summed E-state index contributed by atoms with van der Waals surface area (Å²) in [5, 5.41) is 0.643. The fourth-order valence-corrected chi connectivity index (χ4v) is 6.90. The fourth-order valence-electron chi connectivity index (χ4n) is 4.91. The van der Waals surface area contributed by atoms with E-state index in [9.17, 15) is 9.59 Å². The van der Waals surface area contributed by atoms with Gasteiger partial charge in [-0.15, -0.1) is 0 Å². The van der Waals surface area contributed by atoms with E-state index >= 15 is 0 Å². The van der Waals surface area contributed by atoms with E-state index < -0.39 is 0 Å². The molecule has 2 aromatic carbocycles. The molecule has 2 aliphatic carbocycles. The van der Waals surface area contributed by atoms with Crippen LogP contribution in [0.1, 0.15) is 6.42 Å². The lowest BCUT2D eigenvalue weighted by atomic mass is 9.81. The highest BCUT2D eigenvalue weighted by molar-refractivity contribution is 9.12. The van der Waals surface area contributed by atoms with Gasteiger partial charge in [0, 0.05) is 14.7 Å². The molecule has 0 aromatic heterocycles. The van der Waals surface area contributed by atoms with Gasteiger partial charge in [-0.25, -0.2) is 0 Å². The number of anilines is 1. The van der Waals surface area contributed by atoms with Gasteiger partial charge in [0.25, 0.3) is 0 Å². The van der Waals surface area contributed by atoms with Gasteiger partial charge in [-0.05, 0) is 66.8 Å². The molecular formula is C21H16Br2ClNO3. The number of imide groups is 1. The van der Waals surface area contributed by atoms with Crippen LogP contribution >= 0.6 is 43.5 Å². The van der Waals surface area contributed by atoms with Crippen molar-refractivity contribution in [3.63, 3.8) is 0 Å². The van der Waals surface area contributed by atoms with Crippen molar-refractivity contribution in [1.82, 2.24) is 0 Å². The van der Waals surface area contributed by atoms with Gasteiger partial charge in [0.05, 0.1) is 17.5 Å². The highest BCUT2D eigenvalue weighted by atomic mass is 79.9. The Morgan fingerprint density at radius 3 is 1.79 bits per heavy atom. The second kappa shape index (κ2) is 6.85. The summed E-state index contributed by atoms with van der Waals surface area (Å²) in [6.45, 7) is 0. The fraction of sp³-hybridized carbons (Fsp3) is 0.333. The van der Waals surface area contributed by atoms with Gasteiger partial charge in [-0.2, -0.15) is 0 Å². The number of rotatable bonds is 3. The second-order valence-corrected chi connectivity index (χ2v) is 10.1. The average Bonchev–Trinajstić information content (AvgIpc) is 3.29. The Labute approximate surface area is 184 Å². The Morgan fingerprint density at radius 2 is 1.29 bits per heavy atom. The van der Waals surface area contributed by atoms with Crippen LogP contribution in [0.2, 0.25) is 5.02 Å². The van der Waals surface area contributed by atoms with E-state index in [1.54, 1.807) is 48.5 Å². The molecule has 2 aromatic rings. The number of ether oxygens (including phenoxy) is 1. The number of carbonyl (C=O) groups excluding carboxylic acids is 2. The molecule has 6 atom stereocenters. The third-order valence-electron chi connectivity index (χ3n) is 6.13. The summed E-state index contributed by atoms with van der Waals surface area (Å²) in [6.07, 6.45) is 0.931. The van der Waals surface area contributed by atoms with E-state index in [-0.39, 0.29) is 45.1 Å². The SMILES string of the molecule is O=C1C2C3CC(C(Br)C3Br)C2C(=O)N1c1ccc(Oc2ccc(Cl)cc2)cc1. The van der Waals surface area contributed by atoms with Gasteiger partial charge >= 0.3 is 0 Å². The number of amides is 2. The Bertz CT molecular complexity index is 917. The number of carbonyl (C=O) groups is 2. The van der Waals surface area contributed by atoms with Crippen LogP contribution in [0.4, 0.5) is 5.69 Å². The zero-order chi connectivity index (χ0) is 19.6. The lowest BCUT2D eigenvalue weighted by Gasteiger charge is -2.28. The summed E-state index contributed by atoms with van der Waals surface area (Å²) in [5.41, 5.74) is 0.601. The summed E-state index contributed by atoms with van der Waals surface area (Å²) in [5.74, 6) is 1.17. The van der Waals surface area contributed by atoms with Crippen molar-refractivity contribution >= 4 is 61.0 Å². The molecule has 1 saturated heterocycles. The Hall–Kier alpha value is -1.37. The van der Waals surface area contributed by atoms with Gasteiger partial charge < -0.3 is 4.74 Å². The molecule has 2 amide bonds. The van der Waals surface area contributed by atoms with Gasteiger partial charge in [-0.3, -0.25) is 14.5 Å². The monoisotopic (exact) mass is 523 g/mol. The summed E-state index contributed by atoms with van der Waals surface area (Å²) in [6, 6.07) is 14.2. The van der Waals surface area contributed by atoms with Crippen LogP contribution in [0, 0.1) is 23.7 Å². The number of fused-ring (bicyclic) bond motifs is 5. The maximum absolute atomic E-state index is 13.1. The molecule has 3 aliphatic rings. The van der Waals surface area contributed by atoms with Crippen molar-refractivity contribution in [2.75, 3.05) is 4.90 Å². The number of benzene rings is 2. The zero-order valence-corrected chi connectivity index (χ0v) is 18.5. The van der Waals surface area contributed by atoms with E-state index in [1.165, 1.54) is 4.90 Å². The van der Waals surface area contributed by atoms with Crippen molar-refractivity contribution in [2.45, 2.75) is 16.1 Å². The van der Waals surface area contributed by atoms with Crippen LogP contribution in [0.15, 0.2) is 48.5 Å². The van der Waals surface area contributed by atoms with Crippen LogP contribution in [-0.2, 0) is 9.59 Å². The highest BCUT2D eigenvalue weighted by Gasteiger charge is 2.66. The first-order chi connectivity index (χ1) is 13.5. The molecule has 2 saturated carbocycles. The minimum absolute atomic E-state index is 0.0716. The first-order valence-corrected chi connectivity index (χ1v) is 11.4. The predicted octanol–water partition coefficient (Wildman–Crippen LogP) is 5.41. The van der Waals surface area contributed by atoms with Crippen LogP contribution < -0.4 is 9.64 Å². The van der Waals surface area contributed by atoms with Crippen molar-refractivity contribution in [2.24, 2.45) is 23.7 Å². The molecule has 144 valence electrons. The van der Waals surface area contributed by atoms with E-state index in [0.717, 1.165) is 6.42 Å². The highest BCUT2D eigenvalue weighted by Crippen LogP contribution is 2.60. The van der Waals surface area contributed by atoms with E-state index in [0.29, 0.717) is 22.2 Å². The maximum Gasteiger partial charge on any atom is 0.238 e. The Balaban J connectivity index is 1.37. The van der Waals surface area contributed by atoms with Crippen molar-refractivity contribution < 1.29 is 14.3 Å². The van der Waals surface area contributed by atoms with Gasteiger partial charge in [0.2, 0.25) is 11.8 Å². The van der Waals surface area contributed by atoms with E-state index in [1.807, 2.05) is 0 Å². The molecule has 1 aliphatic heterocycles. The molecule has 3 fully saturated rings. The first kappa shape index (κ1) is 18.6. The topological polar surface area (TPSA) is 46.6 Å². The summed E-state index contributed by atoms with van der Waals surface area (Å²) in [4.78, 5) is 28.0. The minimum atomic E-state index is -0.208. The Kier molecular flexibility index (Phi) is 4.56. The van der Waals surface area contributed by atoms with Crippen LogP contribution in [0.3, 0.4) is 0 Å². The predicted molar refractivity (Wildman–Crippen MR) is 114 cm³/mol. The smallest absolute Gasteiger partial charge is 0.238 e. The molecule has 28 heavy (non-hydrogen) atoms. The van der Waals surface area contributed by atoms with Crippen LogP contribution in [-0.4, -0.2) is 21.5 Å². The molecule has 2 bridgehead atoms. The standard InChI is InChI=1S/C21H16Br2ClNO3/c22-18-14-9-15(19(18)23)17-16(14)20(26)25(21(17)27)11-3-7-13(8-4-11)28-12-5-1-10(24)2-6-12/h1-8,14-19H,9H2. The number of alkyl halides is 2. The maximum atomic E-state index is 13.1. The average molecular weight is 526 g/mol. The lowest BCUT2D eigenvalue weighted by molar-refractivity contribution is -0.123. The number of nitrogens with zero attached hydrogens (tertiary/aromatic N) is 1. The molecule has 0 radical (unpaired) electrons. The first-order valence-electron chi connectivity index (χ1n) is 9.15. The molecule has 6 unspecified atom stereocenters. The van der Waals surface area contributed by atoms with E-state index in [4.69, 9.17) is 16.3 Å². The third kappa shape index (κ3) is 2.76. The van der Waals surface area contributed by atoms with Crippen molar-refractivity contribution in [3.05, 3.63) is 53.6 Å². The lowest BCUT2D eigenvalue weighted by Crippen LogP contribution is -2.37. The number of hydrogen-bond acceptors (Lipinski definition) is 3. The Morgan fingerprint density at radius 1 is 0.821 bits per heavy atom. The molecule has 4 nitrogen and oxygen atoms in total. The van der Waals surface area contributed by atoms with Crippen molar-refractivity contribution in [3.8, 4) is 11.5 Å². The second-order valence-electron chi connectivity index (χ2n) is 7.57. The minimum Gasteiger partial charge on any atom is -0.457 e. The number of halogens is 3. The summed E-state index contributed by atoms with van der Waals surface area (Å²) >= 11 is 13.3. The molecule has 0 spiro atoms. The number of hydrogen-bond donors (Lipinski definition) is 0. The van der Waals surface area contributed by atoms with Crippen molar-refractivity contribution in [1.29, 1.82) is 0 Å². The molecule has 0 N–H and O–H groups in total. The molecule has 5 rings (SSSR count). The van der Waals surface area contributed by atoms with Gasteiger partial charge in [0.1, 0.15) is 11.5 Å². The molecule has 1 heterocycles. The quantitative estimate of drug-likeness (QED) is 0.398. The molecule has 7 heteroatoms. The summed E-state index contributed by atoms with van der Waals surface area (Å²) < 4.78 is 5.79. The molecular weight excluding hydrogens is 509 g/mol. The van der Waals surface area contributed by atoms with Crippen LogP contribution in [0.5, 0.6) is 11.5 Å². The summed E-state index contributed by atoms with van der Waals surface area (Å²) in [7, 11) is 0. The normalized spacial score (nSPS) is 33.5. The largest absolute Gasteiger partial charge is 0.457 e. The zero-order valence-electron chi connectivity index (χ0n) is 14.6. The third-order valence-corrected chi connectivity index (χ3v) is 9.59. The van der Waals surface area contributed by atoms with Gasteiger partial charge in [0.15, 0.2) is 0 Å². The van der Waals surface area contributed by atoms with E-state index in [2.05, 4.69) is 31.9 Å². The van der Waals surface area contributed by atoms with Gasteiger partial charge in [-0.1, -0.05) is 43.5 Å².